The Bertz CT molecular complexity index is 860. The van der Waals surface area contributed by atoms with Crippen LogP contribution in [-0.4, -0.2) is 33.8 Å². The molecule has 148 valence electrons. The maximum Gasteiger partial charge on any atom is 0.330 e. The fourth-order valence-corrected chi connectivity index (χ4v) is 3.64. The van der Waals surface area contributed by atoms with Gasteiger partial charge in [-0.2, -0.15) is 0 Å². The van der Waals surface area contributed by atoms with E-state index in [9.17, 15) is 4.79 Å². The van der Waals surface area contributed by atoms with Gasteiger partial charge in [-0.15, -0.1) is 0 Å². The molecule has 0 amide bonds. The smallest absolute Gasteiger partial charge is 0.330 e. The average Bonchev–Trinajstić information content (AvgIpc) is 3.14. The lowest BCUT2D eigenvalue weighted by Gasteiger charge is -2.16. The van der Waals surface area contributed by atoms with Gasteiger partial charge < -0.3 is 19.5 Å². The number of ether oxygens (including phenoxy) is 3. The molecule has 0 saturated heterocycles. The third kappa shape index (κ3) is 4.73. The predicted octanol–water partition coefficient (Wildman–Crippen LogP) is 3.71. The normalized spacial score (nSPS) is 15.5. The molecule has 0 heterocycles. The second kappa shape index (κ2) is 9.42. The summed E-state index contributed by atoms with van der Waals surface area (Å²) in [5.74, 6) is 1.39. The Morgan fingerprint density at radius 2 is 2.00 bits per heavy atom. The number of esters is 1. The van der Waals surface area contributed by atoms with E-state index in [2.05, 4.69) is 22.2 Å². The molecule has 0 radical (unpaired) electrons. The quantitative estimate of drug-likeness (QED) is 0.558. The van der Waals surface area contributed by atoms with E-state index < -0.39 is 0 Å². The first-order chi connectivity index (χ1) is 13.6. The summed E-state index contributed by atoms with van der Waals surface area (Å²) in [5, 5.41) is 3.67. The van der Waals surface area contributed by atoms with Gasteiger partial charge in [0.05, 0.1) is 21.3 Å². The Morgan fingerprint density at radius 3 is 2.75 bits per heavy atom. The number of aryl methyl sites for hydroxylation is 1. The largest absolute Gasteiger partial charge is 0.497 e. The van der Waals surface area contributed by atoms with Crippen LogP contribution in [-0.2, 0) is 22.4 Å². The molecule has 1 aliphatic rings. The highest BCUT2D eigenvalue weighted by Gasteiger charge is 2.22. The van der Waals surface area contributed by atoms with Gasteiger partial charge in [-0.05, 0) is 72.3 Å². The van der Waals surface area contributed by atoms with Crippen molar-refractivity contribution in [3.8, 4) is 11.5 Å². The van der Waals surface area contributed by atoms with E-state index in [1.807, 2.05) is 24.3 Å². The fraction of sp³-hybridized carbons (Fsp3) is 0.348. The van der Waals surface area contributed by atoms with Crippen molar-refractivity contribution in [1.29, 1.82) is 0 Å². The second-order valence-corrected chi connectivity index (χ2v) is 6.79. The highest BCUT2D eigenvalue weighted by molar-refractivity contribution is 5.86. The van der Waals surface area contributed by atoms with Crippen LogP contribution < -0.4 is 14.8 Å². The zero-order chi connectivity index (χ0) is 19.9. The topological polar surface area (TPSA) is 56.8 Å². The summed E-state index contributed by atoms with van der Waals surface area (Å²) < 4.78 is 15.4. The lowest BCUT2D eigenvalue weighted by Crippen LogP contribution is -2.22. The number of benzene rings is 2. The third-order valence-electron chi connectivity index (χ3n) is 5.13. The number of rotatable bonds is 8. The van der Waals surface area contributed by atoms with Crippen molar-refractivity contribution < 1.29 is 19.0 Å². The Balaban J connectivity index is 1.61. The van der Waals surface area contributed by atoms with Crippen LogP contribution in [0.2, 0.25) is 0 Å². The molecule has 2 aromatic carbocycles. The number of fused-ring (bicyclic) bond motifs is 1. The first kappa shape index (κ1) is 20.0. The van der Waals surface area contributed by atoms with Crippen molar-refractivity contribution in [2.45, 2.75) is 25.3 Å². The minimum atomic E-state index is -0.340. The maximum atomic E-state index is 11.3. The van der Waals surface area contributed by atoms with E-state index in [1.165, 1.54) is 24.3 Å². The zero-order valence-corrected chi connectivity index (χ0v) is 16.7. The highest BCUT2D eigenvalue weighted by atomic mass is 16.5. The molecule has 1 unspecified atom stereocenters. The Kier molecular flexibility index (Phi) is 6.71. The van der Waals surface area contributed by atoms with E-state index in [0.717, 1.165) is 48.4 Å². The minimum absolute atomic E-state index is 0.340. The van der Waals surface area contributed by atoms with Gasteiger partial charge >= 0.3 is 5.97 Å². The Hall–Kier alpha value is -2.79. The molecule has 5 nitrogen and oxygen atoms in total. The van der Waals surface area contributed by atoms with Gasteiger partial charge in [-0.3, -0.25) is 0 Å². The van der Waals surface area contributed by atoms with E-state index in [4.69, 9.17) is 9.47 Å². The SMILES string of the molecule is COC(=O)C=Cc1ccc2c(c1)CCC2NCCc1cc(OC)ccc1OC. The summed E-state index contributed by atoms with van der Waals surface area (Å²) in [6, 6.07) is 12.6. The molecule has 5 heteroatoms. The molecule has 0 spiro atoms. The van der Waals surface area contributed by atoms with Gasteiger partial charge in [0, 0.05) is 12.1 Å². The Morgan fingerprint density at radius 1 is 1.14 bits per heavy atom. The summed E-state index contributed by atoms with van der Waals surface area (Å²) in [7, 11) is 4.75. The lowest BCUT2D eigenvalue weighted by molar-refractivity contribution is -0.134. The number of hydrogen-bond donors (Lipinski definition) is 1. The van der Waals surface area contributed by atoms with Crippen molar-refractivity contribution in [2.75, 3.05) is 27.9 Å². The molecule has 3 rings (SSSR count). The van der Waals surface area contributed by atoms with Crippen LogP contribution in [0.15, 0.2) is 42.5 Å². The molecular formula is C23H27NO4. The van der Waals surface area contributed by atoms with Gasteiger partial charge in [0.25, 0.3) is 0 Å². The molecule has 0 aliphatic heterocycles. The summed E-state index contributed by atoms with van der Waals surface area (Å²) in [6.07, 6.45) is 6.23. The van der Waals surface area contributed by atoms with Crippen molar-refractivity contribution in [3.05, 3.63) is 64.7 Å². The fourth-order valence-electron chi connectivity index (χ4n) is 3.64. The molecular weight excluding hydrogens is 354 g/mol. The molecule has 2 aromatic rings. The van der Waals surface area contributed by atoms with Gasteiger partial charge in [-0.1, -0.05) is 18.2 Å². The van der Waals surface area contributed by atoms with E-state index in [-0.39, 0.29) is 5.97 Å². The van der Waals surface area contributed by atoms with Crippen molar-refractivity contribution in [2.24, 2.45) is 0 Å². The van der Waals surface area contributed by atoms with Crippen LogP contribution in [0, 0.1) is 0 Å². The summed E-state index contributed by atoms with van der Waals surface area (Å²) >= 11 is 0. The number of hydrogen-bond acceptors (Lipinski definition) is 5. The summed E-state index contributed by atoms with van der Waals surface area (Å²) in [4.78, 5) is 11.3. The van der Waals surface area contributed by atoms with E-state index in [0.29, 0.717) is 6.04 Å². The molecule has 1 atom stereocenters. The zero-order valence-electron chi connectivity index (χ0n) is 16.7. The van der Waals surface area contributed by atoms with Crippen molar-refractivity contribution in [1.82, 2.24) is 5.32 Å². The van der Waals surface area contributed by atoms with Crippen LogP contribution >= 0.6 is 0 Å². The van der Waals surface area contributed by atoms with Gasteiger partial charge in [-0.25, -0.2) is 4.79 Å². The van der Waals surface area contributed by atoms with Crippen LogP contribution in [0.5, 0.6) is 11.5 Å². The van der Waals surface area contributed by atoms with E-state index >= 15 is 0 Å². The van der Waals surface area contributed by atoms with Crippen LogP contribution in [0.3, 0.4) is 0 Å². The average molecular weight is 381 g/mol. The summed E-state index contributed by atoms with van der Waals surface area (Å²) in [6.45, 7) is 0.859. The number of nitrogens with one attached hydrogen (secondary N) is 1. The number of carbonyl (C=O) groups excluding carboxylic acids is 1. The molecule has 1 aliphatic carbocycles. The first-order valence-electron chi connectivity index (χ1n) is 9.47. The minimum Gasteiger partial charge on any atom is -0.497 e. The third-order valence-corrected chi connectivity index (χ3v) is 5.13. The second-order valence-electron chi connectivity index (χ2n) is 6.79. The van der Waals surface area contributed by atoms with Crippen molar-refractivity contribution in [3.63, 3.8) is 0 Å². The lowest BCUT2D eigenvalue weighted by atomic mass is 10.0. The van der Waals surface area contributed by atoms with E-state index in [1.54, 1.807) is 20.3 Å². The summed E-state index contributed by atoms with van der Waals surface area (Å²) in [5.41, 5.74) is 4.83. The molecule has 1 N–H and O–H groups in total. The highest BCUT2D eigenvalue weighted by Crippen LogP contribution is 2.32. The van der Waals surface area contributed by atoms with Crippen LogP contribution in [0.4, 0.5) is 0 Å². The number of methoxy groups -OCH3 is 3. The molecule has 0 fully saturated rings. The molecule has 28 heavy (non-hydrogen) atoms. The molecule has 0 saturated carbocycles. The molecule has 0 aromatic heterocycles. The maximum absolute atomic E-state index is 11.3. The van der Waals surface area contributed by atoms with Gasteiger partial charge in [0.1, 0.15) is 11.5 Å². The monoisotopic (exact) mass is 381 g/mol. The van der Waals surface area contributed by atoms with Crippen LogP contribution in [0.1, 0.15) is 34.7 Å². The predicted molar refractivity (Wildman–Crippen MR) is 110 cm³/mol. The van der Waals surface area contributed by atoms with Gasteiger partial charge in [0.2, 0.25) is 0 Å². The van der Waals surface area contributed by atoms with Crippen molar-refractivity contribution >= 4 is 12.0 Å². The standard InChI is InChI=1S/C23H27NO4/c1-26-19-7-10-22(27-2)18(15-19)12-13-24-21-9-6-17-14-16(4-8-20(17)21)5-11-23(25)28-3/h4-5,7-8,10-11,14-15,21,24H,6,9,12-13H2,1-3H3. The first-order valence-corrected chi connectivity index (χ1v) is 9.47. The van der Waals surface area contributed by atoms with Crippen LogP contribution in [0.25, 0.3) is 6.08 Å². The van der Waals surface area contributed by atoms with Gasteiger partial charge in [0.15, 0.2) is 0 Å². The Labute approximate surface area is 166 Å². The number of carbonyl (C=O) groups is 1. The molecule has 0 bridgehead atoms.